The Kier molecular flexibility index (Phi) is 3.99. The van der Waals surface area contributed by atoms with Crippen molar-refractivity contribution in [3.63, 3.8) is 0 Å². The number of carboxylic acid groups (broad SMARTS) is 1. The van der Waals surface area contributed by atoms with Gasteiger partial charge in [-0.1, -0.05) is 0 Å². The number of carbonyl (C=O) groups is 1. The molecule has 0 radical (unpaired) electrons. The number of halogens is 1. The molecule has 1 aliphatic rings. The summed E-state index contributed by atoms with van der Waals surface area (Å²) in [5.74, 6) is 0.00875. The van der Waals surface area contributed by atoms with E-state index in [1.54, 1.807) is 18.3 Å². The number of aromatic nitrogens is 2. The normalized spacial score (nSPS) is 17.1. The Morgan fingerprint density at radius 1 is 1.30 bits per heavy atom. The number of carboxylic acids is 1. The Hall–Kier alpha value is -2.01. The first kappa shape index (κ1) is 14.4. The Morgan fingerprint density at radius 3 is 2.65 bits per heavy atom. The first-order valence-corrected chi connectivity index (χ1v) is 6.22. The number of hydrogen-bond acceptors (Lipinski definition) is 3. The lowest BCUT2D eigenvalue weighted by molar-refractivity contribution is -0.142. The zero-order valence-corrected chi connectivity index (χ0v) is 11.5. The van der Waals surface area contributed by atoms with Gasteiger partial charge in [-0.3, -0.25) is 4.79 Å². The largest absolute Gasteiger partial charge is 0.508 e. The van der Waals surface area contributed by atoms with Gasteiger partial charge in [-0.05, 0) is 30.7 Å². The highest BCUT2D eigenvalue weighted by Crippen LogP contribution is 2.28. The van der Waals surface area contributed by atoms with Gasteiger partial charge in [-0.25, -0.2) is 4.98 Å². The monoisotopic (exact) mass is 294 g/mol. The third-order valence-electron chi connectivity index (χ3n) is 3.57. The van der Waals surface area contributed by atoms with Gasteiger partial charge in [0, 0.05) is 30.4 Å². The van der Waals surface area contributed by atoms with E-state index in [2.05, 4.69) is 9.55 Å². The van der Waals surface area contributed by atoms with Crippen molar-refractivity contribution in [2.24, 2.45) is 5.92 Å². The summed E-state index contributed by atoms with van der Waals surface area (Å²) in [6.07, 6.45) is 2.90. The molecule has 0 spiro atoms. The SMILES string of the molecule is Cl.O=C(O)C1CCn2c(cnc2-c2ccc(O)cc2)C1. The molecule has 6 heteroatoms. The number of fused-ring (bicyclic) bond motifs is 1. The van der Waals surface area contributed by atoms with Crippen molar-refractivity contribution in [3.8, 4) is 17.1 Å². The number of aliphatic carboxylic acids is 1. The third kappa shape index (κ3) is 2.49. The third-order valence-corrected chi connectivity index (χ3v) is 3.57. The first-order chi connectivity index (χ1) is 9.15. The van der Waals surface area contributed by atoms with Crippen LogP contribution in [0.3, 0.4) is 0 Å². The van der Waals surface area contributed by atoms with Crippen LogP contribution in [0.25, 0.3) is 11.4 Å². The molecular formula is C14H15ClN2O3. The Morgan fingerprint density at radius 2 is 2.00 bits per heavy atom. The lowest BCUT2D eigenvalue weighted by Crippen LogP contribution is -2.25. The number of rotatable bonds is 2. The van der Waals surface area contributed by atoms with Gasteiger partial charge in [-0.2, -0.15) is 0 Å². The van der Waals surface area contributed by atoms with Crippen LogP contribution in [0.1, 0.15) is 12.1 Å². The average molecular weight is 295 g/mol. The number of nitrogens with zero attached hydrogens (tertiary/aromatic N) is 2. The fourth-order valence-electron chi connectivity index (χ4n) is 2.51. The van der Waals surface area contributed by atoms with Crippen molar-refractivity contribution < 1.29 is 15.0 Å². The molecule has 1 unspecified atom stereocenters. The summed E-state index contributed by atoms with van der Waals surface area (Å²) in [6, 6.07) is 6.88. The molecule has 106 valence electrons. The summed E-state index contributed by atoms with van der Waals surface area (Å²) in [6.45, 7) is 0.669. The minimum atomic E-state index is -0.737. The molecule has 0 fully saturated rings. The quantitative estimate of drug-likeness (QED) is 0.891. The van der Waals surface area contributed by atoms with Crippen LogP contribution in [0.2, 0.25) is 0 Å². The van der Waals surface area contributed by atoms with Crippen molar-refractivity contribution >= 4 is 18.4 Å². The number of hydrogen-bond donors (Lipinski definition) is 2. The van der Waals surface area contributed by atoms with Gasteiger partial charge in [0.2, 0.25) is 0 Å². The maximum Gasteiger partial charge on any atom is 0.306 e. The van der Waals surface area contributed by atoms with E-state index in [4.69, 9.17) is 5.11 Å². The zero-order chi connectivity index (χ0) is 13.4. The highest BCUT2D eigenvalue weighted by atomic mass is 35.5. The molecule has 1 atom stereocenters. The predicted molar refractivity (Wildman–Crippen MR) is 76.0 cm³/mol. The van der Waals surface area contributed by atoms with Crippen LogP contribution in [0.4, 0.5) is 0 Å². The van der Waals surface area contributed by atoms with E-state index < -0.39 is 5.97 Å². The van der Waals surface area contributed by atoms with E-state index >= 15 is 0 Å². The van der Waals surface area contributed by atoms with Gasteiger partial charge < -0.3 is 14.8 Å². The maximum absolute atomic E-state index is 11.0. The molecule has 0 saturated heterocycles. The zero-order valence-electron chi connectivity index (χ0n) is 10.7. The second kappa shape index (κ2) is 5.54. The molecule has 1 aliphatic heterocycles. The van der Waals surface area contributed by atoms with Crippen molar-refractivity contribution in [2.45, 2.75) is 19.4 Å². The van der Waals surface area contributed by atoms with E-state index in [-0.39, 0.29) is 24.1 Å². The average Bonchev–Trinajstić information content (AvgIpc) is 2.82. The van der Waals surface area contributed by atoms with Crippen LogP contribution in [0.15, 0.2) is 30.5 Å². The fourth-order valence-corrected chi connectivity index (χ4v) is 2.51. The molecule has 2 heterocycles. The van der Waals surface area contributed by atoms with E-state index in [9.17, 15) is 9.90 Å². The highest BCUT2D eigenvalue weighted by molar-refractivity contribution is 5.85. The molecule has 3 rings (SSSR count). The van der Waals surface area contributed by atoms with E-state index in [0.29, 0.717) is 19.4 Å². The van der Waals surface area contributed by atoms with E-state index in [0.717, 1.165) is 17.1 Å². The number of benzene rings is 1. The molecule has 2 aromatic rings. The van der Waals surface area contributed by atoms with Crippen LogP contribution >= 0.6 is 12.4 Å². The molecule has 0 aliphatic carbocycles. The Bertz CT molecular complexity index is 622. The molecule has 0 amide bonds. The summed E-state index contributed by atoms with van der Waals surface area (Å²) in [5.41, 5.74) is 1.89. The van der Waals surface area contributed by atoms with Gasteiger partial charge in [0.1, 0.15) is 11.6 Å². The molecular weight excluding hydrogens is 280 g/mol. The van der Waals surface area contributed by atoms with Crippen molar-refractivity contribution in [3.05, 3.63) is 36.2 Å². The smallest absolute Gasteiger partial charge is 0.306 e. The minimum Gasteiger partial charge on any atom is -0.508 e. The van der Waals surface area contributed by atoms with Gasteiger partial charge in [0.15, 0.2) is 0 Å². The summed E-state index contributed by atoms with van der Waals surface area (Å²) < 4.78 is 2.06. The number of phenols is 1. The van der Waals surface area contributed by atoms with Gasteiger partial charge in [0.05, 0.1) is 5.92 Å². The van der Waals surface area contributed by atoms with Gasteiger partial charge in [0.25, 0.3) is 0 Å². The molecule has 1 aromatic heterocycles. The molecule has 20 heavy (non-hydrogen) atoms. The van der Waals surface area contributed by atoms with E-state index in [1.807, 2.05) is 12.1 Å². The molecule has 5 nitrogen and oxygen atoms in total. The van der Waals surface area contributed by atoms with Crippen LogP contribution in [-0.4, -0.2) is 25.7 Å². The van der Waals surface area contributed by atoms with Gasteiger partial charge >= 0.3 is 5.97 Å². The topological polar surface area (TPSA) is 75.3 Å². The minimum absolute atomic E-state index is 0. The molecule has 0 saturated carbocycles. The first-order valence-electron chi connectivity index (χ1n) is 6.22. The highest BCUT2D eigenvalue weighted by Gasteiger charge is 2.26. The summed E-state index contributed by atoms with van der Waals surface area (Å²) in [7, 11) is 0. The predicted octanol–water partition coefficient (Wildman–Crippen LogP) is 2.32. The number of imidazole rings is 1. The van der Waals surface area contributed by atoms with Crippen molar-refractivity contribution in [1.82, 2.24) is 9.55 Å². The molecule has 2 N–H and O–H groups in total. The van der Waals surface area contributed by atoms with Crippen LogP contribution in [-0.2, 0) is 17.8 Å². The van der Waals surface area contributed by atoms with Gasteiger partial charge in [-0.15, -0.1) is 12.4 Å². The van der Waals surface area contributed by atoms with Crippen molar-refractivity contribution in [2.75, 3.05) is 0 Å². The molecule has 0 bridgehead atoms. The van der Waals surface area contributed by atoms with E-state index in [1.165, 1.54) is 0 Å². The number of phenolic OH excluding ortho intramolecular Hbond substituents is 1. The second-order valence-electron chi connectivity index (χ2n) is 4.80. The lowest BCUT2D eigenvalue weighted by atomic mass is 9.96. The van der Waals surface area contributed by atoms with Crippen LogP contribution < -0.4 is 0 Å². The van der Waals surface area contributed by atoms with Crippen molar-refractivity contribution in [1.29, 1.82) is 0 Å². The molecule has 1 aromatic carbocycles. The lowest BCUT2D eigenvalue weighted by Gasteiger charge is -2.22. The number of aromatic hydroxyl groups is 1. The standard InChI is InChI=1S/C14H14N2O3.ClH/c17-12-3-1-9(2-4-12)13-15-8-11-7-10(14(18)19)5-6-16(11)13;/h1-4,8,10,17H,5-7H2,(H,18,19);1H. The van der Waals surface area contributed by atoms with Crippen LogP contribution in [0.5, 0.6) is 5.75 Å². The summed E-state index contributed by atoms with van der Waals surface area (Å²) >= 11 is 0. The van der Waals surface area contributed by atoms with Crippen LogP contribution in [0, 0.1) is 5.92 Å². The maximum atomic E-state index is 11.0. The Balaban J connectivity index is 0.00000147. The summed E-state index contributed by atoms with van der Waals surface area (Å²) in [5, 5.41) is 18.4. The fraction of sp³-hybridized carbons (Fsp3) is 0.286. The Labute approximate surface area is 122 Å². The second-order valence-corrected chi connectivity index (χ2v) is 4.80. The summed E-state index contributed by atoms with van der Waals surface area (Å²) in [4.78, 5) is 15.4.